The molecule has 0 amide bonds. The van der Waals surface area contributed by atoms with Gasteiger partial charge >= 0.3 is 0 Å². The monoisotopic (exact) mass is 383 g/mol. The zero-order chi connectivity index (χ0) is 20.3. The summed E-state index contributed by atoms with van der Waals surface area (Å²) < 4.78 is 19.1. The van der Waals surface area contributed by atoms with Crippen molar-refractivity contribution in [2.24, 2.45) is 0 Å². The lowest BCUT2D eigenvalue weighted by Gasteiger charge is -2.45. The molecule has 0 unspecified atom stereocenters. The van der Waals surface area contributed by atoms with Crippen molar-refractivity contribution < 1.29 is 13.9 Å². The van der Waals surface area contributed by atoms with E-state index in [0.717, 1.165) is 29.1 Å². The molecule has 0 aromatic heterocycles. The second kappa shape index (κ2) is 8.46. The van der Waals surface area contributed by atoms with Crippen molar-refractivity contribution in [3.05, 3.63) is 65.1 Å². The molecule has 2 aromatic carbocycles. The molecule has 0 saturated carbocycles. The number of nitrogens with zero attached hydrogens (tertiary/aromatic N) is 2. The maximum atomic E-state index is 13.2. The molecule has 0 bridgehead atoms. The molecule has 1 fully saturated rings. The summed E-state index contributed by atoms with van der Waals surface area (Å²) in [5.41, 5.74) is 9.09. The Labute approximate surface area is 165 Å². The fraction of sp³-hybridized carbons (Fsp3) is 0.364. The van der Waals surface area contributed by atoms with E-state index >= 15 is 0 Å². The van der Waals surface area contributed by atoms with E-state index in [9.17, 15) is 9.18 Å². The fourth-order valence-corrected chi connectivity index (χ4v) is 3.48. The van der Waals surface area contributed by atoms with Crippen LogP contribution in [0.4, 0.5) is 10.1 Å². The van der Waals surface area contributed by atoms with E-state index in [4.69, 9.17) is 10.5 Å². The van der Waals surface area contributed by atoms with E-state index in [0.29, 0.717) is 19.0 Å². The molecular weight excluding hydrogens is 357 g/mol. The second-order valence-electron chi connectivity index (χ2n) is 7.33. The van der Waals surface area contributed by atoms with E-state index in [1.807, 2.05) is 36.9 Å². The van der Waals surface area contributed by atoms with Gasteiger partial charge in [-0.15, -0.1) is 0 Å². The number of halogens is 1. The Morgan fingerprint density at radius 1 is 1.21 bits per heavy atom. The first-order valence-electron chi connectivity index (χ1n) is 9.38. The van der Waals surface area contributed by atoms with Crippen LogP contribution in [-0.2, 0) is 11.3 Å². The summed E-state index contributed by atoms with van der Waals surface area (Å²) in [7, 11) is 0. The van der Waals surface area contributed by atoms with Crippen LogP contribution in [0.2, 0.25) is 0 Å². The quantitative estimate of drug-likeness (QED) is 0.634. The molecule has 1 saturated heterocycles. The Morgan fingerprint density at radius 2 is 1.93 bits per heavy atom. The number of hydrogen-bond acceptors (Lipinski definition) is 5. The lowest BCUT2D eigenvalue weighted by Crippen LogP contribution is -2.55. The number of nitrogen functional groups attached to an aromatic ring is 1. The number of benzene rings is 2. The molecule has 2 atom stereocenters. The van der Waals surface area contributed by atoms with Gasteiger partial charge in [-0.05, 0) is 62.2 Å². The lowest BCUT2D eigenvalue weighted by molar-refractivity contribution is 0.0285. The van der Waals surface area contributed by atoms with Crippen LogP contribution in [0.3, 0.4) is 0 Å². The molecule has 2 N–H and O–H groups in total. The largest absolute Gasteiger partial charge is 0.478 e. The third-order valence-corrected chi connectivity index (χ3v) is 5.29. The molecule has 0 spiro atoms. The third-order valence-electron chi connectivity index (χ3n) is 5.29. The van der Waals surface area contributed by atoms with Gasteiger partial charge in [-0.2, -0.15) is 0 Å². The fourth-order valence-electron chi connectivity index (χ4n) is 3.48. The lowest BCUT2D eigenvalue weighted by atomic mass is 10.0. The van der Waals surface area contributed by atoms with Gasteiger partial charge in [0.05, 0.1) is 6.04 Å². The van der Waals surface area contributed by atoms with Crippen LogP contribution in [0.25, 0.3) is 0 Å². The van der Waals surface area contributed by atoms with Crippen LogP contribution in [0, 0.1) is 12.7 Å². The summed E-state index contributed by atoms with van der Waals surface area (Å²) in [6.45, 7) is 7.62. The second-order valence-corrected chi connectivity index (χ2v) is 7.33. The first kappa shape index (κ1) is 19.9. The van der Waals surface area contributed by atoms with Crippen molar-refractivity contribution in [2.75, 3.05) is 19.0 Å². The number of carbonyl (C=O) groups excluding carboxylic acids is 1. The van der Waals surface area contributed by atoms with Crippen molar-refractivity contribution in [3.8, 4) is 5.75 Å². The van der Waals surface area contributed by atoms with Crippen molar-refractivity contribution in [3.63, 3.8) is 0 Å². The molecule has 1 aliphatic heterocycles. The molecule has 3 rings (SSSR count). The summed E-state index contributed by atoms with van der Waals surface area (Å²) in [6, 6.07) is 11.9. The predicted octanol–water partition coefficient (Wildman–Crippen LogP) is 3.36. The van der Waals surface area contributed by atoms with Gasteiger partial charge in [0, 0.05) is 24.8 Å². The van der Waals surface area contributed by atoms with Crippen LogP contribution in [0.5, 0.6) is 5.75 Å². The van der Waals surface area contributed by atoms with Crippen LogP contribution in [-0.4, -0.2) is 41.1 Å². The van der Waals surface area contributed by atoms with E-state index < -0.39 is 0 Å². The third kappa shape index (κ3) is 4.35. The normalized spacial score (nSPS) is 20.1. The first-order chi connectivity index (χ1) is 13.4. The number of ether oxygens (including phenoxy) is 1. The van der Waals surface area contributed by atoms with Gasteiger partial charge in [0.25, 0.3) is 0 Å². The van der Waals surface area contributed by atoms with Crippen molar-refractivity contribution in [1.29, 1.82) is 0 Å². The Morgan fingerprint density at radius 3 is 2.57 bits per heavy atom. The zero-order valence-corrected chi connectivity index (χ0v) is 16.5. The average Bonchev–Trinajstić information content (AvgIpc) is 2.68. The molecule has 148 valence electrons. The highest BCUT2D eigenvalue weighted by molar-refractivity contribution is 5.54. The van der Waals surface area contributed by atoms with E-state index in [-0.39, 0.29) is 17.9 Å². The number of rotatable bonds is 5. The highest BCUT2D eigenvalue weighted by Gasteiger charge is 2.34. The van der Waals surface area contributed by atoms with E-state index in [2.05, 4.69) is 17.8 Å². The maximum absolute atomic E-state index is 13.2. The first-order valence-corrected chi connectivity index (χ1v) is 9.38. The molecule has 1 heterocycles. The number of aryl methyl sites for hydroxylation is 1. The summed E-state index contributed by atoms with van der Waals surface area (Å²) in [5.74, 6) is 2.60. The Kier molecular flexibility index (Phi) is 6.02. The Balaban J connectivity index is 1.69. The van der Waals surface area contributed by atoms with Crippen LogP contribution >= 0.6 is 0 Å². The van der Waals surface area contributed by atoms with Gasteiger partial charge < -0.3 is 15.4 Å². The highest BCUT2D eigenvalue weighted by atomic mass is 19.1. The van der Waals surface area contributed by atoms with Gasteiger partial charge in [0.2, 0.25) is 0 Å². The minimum absolute atomic E-state index is 0.0921. The average molecular weight is 383 g/mol. The molecule has 0 aliphatic carbocycles. The molecule has 1 aliphatic rings. The van der Waals surface area contributed by atoms with Gasteiger partial charge in [0.15, 0.2) is 0 Å². The minimum atomic E-state index is -0.267. The minimum Gasteiger partial charge on any atom is -0.478 e. The Hall–Kier alpha value is -2.82. The zero-order valence-electron chi connectivity index (χ0n) is 16.5. The summed E-state index contributed by atoms with van der Waals surface area (Å²) >= 11 is 0. The van der Waals surface area contributed by atoms with Crippen LogP contribution in [0.15, 0.2) is 48.2 Å². The van der Waals surface area contributed by atoms with Crippen molar-refractivity contribution in [1.82, 2.24) is 9.80 Å². The van der Waals surface area contributed by atoms with Crippen molar-refractivity contribution in [2.45, 2.75) is 39.4 Å². The smallest absolute Gasteiger partial charge is 0.147 e. The molecule has 6 heteroatoms. The molecule has 2 aromatic rings. The van der Waals surface area contributed by atoms with E-state index in [1.165, 1.54) is 12.1 Å². The molecule has 28 heavy (non-hydrogen) atoms. The number of anilines is 1. The molecule has 5 nitrogen and oxygen atoms in total. The summed E-state index contributed by atoms with van der Waals surface area (Å²) in [5, 5.41) is 0. The Bertz CT molecular complexity index is 878. The van der Waals surface area contributed by atoms with Crippen LogP contribution < -0.4 is 10.5 Å². The number of piperazine rings is 1. The van der Waals surface area contributed by atoms with Crippen molar-refractivity contribution >= 4 is 11.6 Å². The van der Waals surface area contributed by atoms with Crippen LogP contribution in [0.1, 0.15) is 25.0 Å². The van der Waals surface area contributed by atoms with Gasteiger partial charge in [-0.3, -0.25) is 4.90 Å². The summed E-state index contributed by atoms with van der Waals surface area (Å²) in [6.07, 6.45) is 0. The van der Waals surface area contributed by atoms with E-state index in [1.54, 1.807) is 12.1 Å². The SMILES string of the molecule is Cc1cc(OCN2C[C@H](C)N(Cc3ccc(F)cc3)C(=C=O)[C@H]2C)ccc1N. The molecular formula is C22H26FN3O2. The predicted molar refractivity (Wildman–Crippen MR) is 108 cm³/mol. The highest BCUT2D eigenvalue weighted by Crippen LogP contribution is 2.26. The topological polar surface area (TPSA) is 58.8 Å². The molecule has 0 radical (unpaired) electrons. The standard InChI is InChI=1S/C22H26FN3O2/c1-15-10-20(8-9-21(15)24)28-14-25-11-16(2)26(22(13-27)17(25)3)12-18-4-6-19(23)7-5-18/h4-10,16-17H,11-12,14,24H2,1-3H3/t16-,17+/m0/s1. The number of hydrogen-bond donors (Lipinski definition) is 1. The van der Waals surface area contributed by atoms with Gasteiger partial charge in [-0.1, -0.05) is 12.1 Å². The number of nitrogens with two attached hydrogens (primary N) is 1. The van der Waals surface area contributed by atoms with Gasteiger partial charge in [0.1, 0.15) is 29.9 Å². The van der Waals surface area contributed by atoms with Gasteiger partial charge in [-0.25, -0.2) is 9.18 Å². The summed E-state index contributed by atoms with van der Waals surface area (Å²) in [4.78, 5) is 15.9. The maximum Gasteiger partial charge on any atom is 0.147 e.